The van der Waals surface area contributed by atoms with Crippen molar-refractivity contribution in [2.75, 3.05) is 0 Å². The van der Waals surface area contributed by atoms with Crippen molar-refractivity contribution >= 4 is 22.9 Å². The molecule has 2 rings (SSSR count). The van der Waals surface area contributed by atoms with Crippen molar-refractivity contribution in [3.8, 4) is 0 Å². The summed E-state index contributed by atoms with van der Waals surface area (Å²) >= 11 is 7.29. The third-order valence-electron chi connectivity index (χ3n) is 1.81. The van der Waals surface area contributed by atoms with E-state index in [2.05, 4.69) is 10.1 Å². The lowest BCUT2D eigenvalue weighted by Crippen LogP contribution is -2.00. The lowest BCUT2D eigenvalue weighted by molar-refractivity contribution is 0.675. The van der Waals surface area contributed by atoms with Gasteiger partial charge in [0.25, 0.3) is 0 Å². The van der Waals surface area contributed by atoms with Crippen LogP contribution >= 0.6 is 22.9 Å². The number of hydrogen-bond acceptors (Lipinski definition) is 3. The molecule has 74 valence electrons. The number of alkyl halides is 1. The van der Waals surface area contributed by atoms with Gasteiger partial charge < -0.3 is 0 Å². The summed E-state index contributed by atoms with van der Waals surface area (Å²) in [7, 11) is 0. The zero-order valence-corrected chi connectivity index (χ0v) is 9.35. The molecule has 14 heavy (non-hydrogen) atoms. The van der Waals surface area contributed by atoms with E-state index in [1.807, 2.05) is 29.2 Å². The van der Waals surface area contributed by atoms with E-state index in [0.717, 1.165) is 22.9 Å². The predicted octanol–water partition coefficient (Wildman–Crippen LogP) is 2.44. The van der Waals surface area contributed by atoms with E-state index < -0.39 is 0 Å². The van der Waals surface area contributed by atoms with Crippen molar-refractivity contribution in [2.45, 2.75) is 19.3 Å². The summed E-state index contributed by atoms with van der Waals surface area (Å²) in [4.78, 5) is 4.36. The van der Waals surface area contributed by atoms with Gasteiger partial charge in [0.05, 0.1) is 23.8 Å². The molecular weight excluding hydrogens is 218 g/mol. The van der Waals surface area contributed by atoms with E-state index in [1.165, 1.54) is 0 Å². The van der Waals surface area contributed by atoms with Crippen LogP contribution in [0.15, 0.2) is 17.6 Å². The van der Waals surface area contributed by atoms with Crippen LogP contribution in [0.25, 0.3) is 0 Å². The van der Waals surface area contributed by atoms with Crippen LogP contribution < -0.4 is 0 Å². The monoisotopic (exact) mass is 227 g/mol. The van der Waals surface area contributed by atoms with Crippen LogP contribution in [-0.2, 0) is 12.4 Å². The second kappa shape index (κ2) is 4.11. The molecule has 0 aliphatic heterocycles. The fourth-order valence-corrected chi connectivity index (χ4v) is 2.19. The summed E-state index contributed by atoms with van der Waals surface area (Å²) in [6.07, 6.45) is 1.96. The minimum atomic E-state index is 0.481. The van der Waals surface area contributed by atoms with Crippen LogP contribution in [0.3, 0.4) is 0 Å². The molecule has 0 bridgehead atoms. The zero-order chi connectivity index (χ0) is 9.97. The number of hydrogen-bond donors (Lipinski definition) is 0. The van der Waals surface area contributed by atoms with Crippen molar-refractivity contribution in [1.82, 2.24) is 14.8 Å². The van der Waals surface area contributed by atoms with E-state index in [4.69, 9.17) is 11.6 Å². The van der Waals surface area contributed by atoms with Gasteiger partial charge in [-0.05, 0) is 13.0 Å². The van der Waals surface area contributed by atoms with Crippen molar-refractivity contribution in [3.05, 3.63) is 34.0 Å². The average Bonchev–Trinajstić information content (AvgIpc) is 2.76. The molecule has 0 aromatic carbocycles. The Bertz CT molecular complexity index is 421. The molecule has 0 N–H and O–H groups in total. The molecule has 0 fully saturated rings. The molecule has 3 nitrogen and oxygen atoms in total. The maximum absolute atomic E-state index is 5.67. The summed E-state index contributed by atoms with van der Waals surface area (Å²) in [6.45, 7) is 2.71. The SMILES string of the molecule is Cc1ccn(Cc2nc(CCl)cs2)n1. The predicted molar refractivity (Wildman–Crippen MR) is 57.7 cm³/mol. The van der Waals surface area contributed by atoms with Crippen molar-refractivity contribution in [2.24, 2.45) is 0 Å². The first-order chi connectivity index (χ1) is 6.78. The molecule has 0 atom stereocenters. The van der Waals surface area contributed by atoms with Crippen LogP contribution in [-0.4, -0.2) is 14.8 Å². The van der Waals surface area contributed by atoms with Crippen molar-refractivity contribution in [3.63, 3.8) is 0 Å². The molecule has 0 amide bonds. The molecule has 2 aromatic heterocycles. The van der Waals surface area contributed by atoms with Crippen molar-refractivity contribution in [1.29, 1.82) is 0 Å². The highest BCUT2D eigenvalue weighted by Crippen LogP contribution is 2.12. The minimum absolute atomic E-state index is 0.481. The summed E-state index contributed by atoms with van der Waals surface area (Å²) in [6, 6.07) is 1.98. The molecule has 2 aromatic rings. The van der Waals surface area contributed by atoms with Gasteiger partial charge in [-0.3, -0.25) is 4.68 Å². The molecule has 0 spiro atoms. The quantitative estimate of drug-likeness (QED) is 0.755. The van der Waals surface area contributed by atoms with Gasteiger partial charge in [0.15, 0.2) is 0 Å². The van der Waals surface area contributed by atoms with Crippen LogP contribution in [0.5, 0.6) is 0 Å². The van der Waals surface area contributed by atoms with Gasteiger partial charge in [0.2, 0.25) is 0 Å². The highest BCUT2D eigenvalue weighted by atomic mass is 35.5. The van der Waals surface area contributed by atoms with Gasteiger partial charge in [0.1, 0.15) is 5.01 Å². The maximum atomic E-state index is 5.67. The van der Waals surface area contributed by atoms with Crippen LogP contribution in [0.4, 0.5) is 0 Å². The van der Waals surface area contributed by atoms with E-state index in [0.29, 0.717) is 5.88 Å². The Balaban J connectivity index is 2.10. The Hall–Kier alpha value is -0.870. The lowest BCUT2D eigenvalue weighted by atomic mass is 10.5. The third kappa shape index (κ3) is 2.13. The molecule has 0 radical (unpaired) electrons. The summed E-state index contributed by atoms with van der Waals surface area (Å²) in [5.74, 6) is 0.481. The van der Waals surface area contributed by atoms with E-state index in [1.54, 1.807) is 11.3 Å². The molecule has 2 heterocycles. The number of rotatable bonds is 3. The van der Waals surface area contributed by atoms with E-state index in [9.17, 15) is 0 Å². The zero-order valence-electron chi connectivity index (χ0n) is 7.77. The topological polar surface area (TPSA) is 30.7 Å². The normalized spacial score (nSPS) is 10.7. The second-order valence-electron chi connectivity index (χ2n) is 3.02. The standard InChI is InChI=1S/C9H10ClN3S/c1-7-2-3-13(12-7)5-9-11-8(4-10)6-14-9/h2-3,6H,4-5H2,1H3. The Morgan fingerprint density at radius 2 is 2.43 bits per heavy atom. The summed E-state index contributed by atoms with van der Waals surface area (Å²) in [5, 5.41) is 7.32. The van der Waals surface area contributed by atoms with Gasteiger partial charge in [-0.1, -0.05) is 0 Å². The number of aromatic nitrogens is 3. The fourth-order valence-electron chi connectivity index (χ4n) is 1.17. The van der Waals surface area contributed by atoms with E-state index in [-0.39, 0.29) is 0 Å². The van der Waals surface area contributed by atoms with Crippen LogP contribution in [0.2, 0.25) is 0 Å². The number of halogens is 1. The van der Waals surface area contributed by atoms with Gasteiger partial charge >= 0.3 is 0 Å². The van der Waals surface area contributed by atoms with Gasteiger partial charge in [-0.2, -0.15) is 5.10 Å². The number of aryl methyl sites for hydroxylation is 1. The Morgan fingerprint density at radius 3 is 3.00 bits per heavy atom. The Morgan fingerprint density at radius 1 is 1.57 bits per heavy atom. The molecule has 5 heteroatoms. The molecule has 0 saturated carbocycles. The van der Waals surface area contributed by atoms with Gasteiger partial charge in [-0.25, -0.2) is 4.98 Å². The average molecular weight is 228 g/mol. The molecular formula is C9H10ClN3S. The van der Waals surface area contributed by atoms with Gasteiger partial charge in [0, 0.05) is 11.6 Å². The lowest BCUT2D eigenvalue weighted by Gasteiger charge is -1.95. The summed E-state index contributed by atoms with van der Waals surface area (Å²) < 4.78 is 1.88. The molecule has 0 unspecified atom stereocenters. The Kier molecular flexibility index (Phi) is 2.84. The van der Waals surface area contributed by atoms with Crippen molar-refractivity contribution < 1.29 is 0 Å². The van der Waals surface area contributed by atoms with Crippen LogP contribution in [0, 0.1) is 6.92 Å². The molecule has 0 aliphatic carbocycles. The smallest absolute Gasteiger partial charge is 0.114 e. The van der Waals surface area contributed by atoms with Crippen LogP contribution in [0.1, 0.15) is 16.4 Å². The second-order valence-corrected chi connectivity index (χ2v) is 4.23. The fraction of sp³-hybridized carbons (Fsp3) is 0.333. The van der Waals surface area contributed by atoms with Gasteiger partial charge in [-0.15, -0.1) is 22.9 Å². The number of thiazole rings is 1. The number of nitrogens with zero attached hydrogens (tertiary/aromatic N) is 3. The Labute approximate surface area is 91.4 Å². The first kappa shape index (κ1) is 9.68. The highest BCUT2D eigenvalue weighted by molar-refractivity contribution is 7.09. The summed E-state index contributed by atoms with van der Waals surface area (Å²) in [5.41, 5.74) is 1.97. The molecule has 0 saturated heterocycles. The first-order valence-electron chi connectivity index (χ1n) is 4.27. The molecule has 0 aliphatic rings. The largest absolute Gasteiger partial charge is 0.266 e. The van der Waals surface area contributed by atoms with E-state index >= 15 is 0 Å². The minimum Gasteiger partial charge on any atom is -0.266 e. The highest BCUT2D eigenvalue weighted by Gasteiger charge is 2.02. The first-order valence-corrected chi connectivity index (χ1v) is 5.68. The third-order valence-corrected chi connectivity index (χ3v) is 2.96. The maximum Gasteiger partial charge on any atom is 0.114 e.